The first kappa shape index (κ1) is 17.9. The molecule has 1 aromatic heterocycles. The lowest BCUT2D eigenvalue weighted by Crippen LogP contribution is -2.45. The Bertz CT molecular complexity index is 1070. The zero-order valence-corrected chi connectivity index (χ0v) is 16.3. The van der Waals surface area contributed by atoms with E-state index in [1.165, 1.54) is 11.1 Å². The summed E-state index contributed by atoms with van der Waals surface area (Å²) >= 11 is 0. The lowest BCUT2D eigenvalue weighted by atomic mass is 9.93. The van der Waals surface area contributed by atoms with Crippen LogP contribution in [0, 0.1) is 5.92 Å². The van der Waals surface area contributed by atoms with Crippen molar-refractivity contribution < 1.29 is 9.59 Å². The summed E-state index contributed by atoms with van der Waals surface area (Å²) in [6, 6.07) is 16.0. The number of carbonyl (C=O) groups excluding carboxylic acids is 2. The fraction of sp³-hybridized carbons (Fsp3) is 0.348. The van der Waals surface area contributed by atoms with E-state index in [9.17, 15) is 9.59 Å². The number of para-hydroxylation sites is 1. The summed E-state index contributed by atoms with van der Waals surface area (Å²) in [5.41, 5.74) is 3.94. The summed E-state index contributed by atoms with van der Waals surface area (Å²) in [5, 5.41) is 8.01. The maximum Gasteiger partial charge on any atom is 0.274 e. The molecule has 2 amide bonds. The number of carbonyl (C=O) groups is 2. The van der Waals surface area contributed by atoms with Gasteiger partial charge in [-0.2, -0.15) is 5.10 Å². The quantitative estimate of drug-likeness (QED) is 0.734. The summed E-state index contributed by atoms with van der Waals surface area (Å²) in [7, 11) is 0. The van der Waals surface area contributed by atoms with Crippen LogP contribution in [-0.2, 0) is 17.8 Å². The molecular formula is C23H24N4O2. The van der Waals surface area contributed by atoms with Crippen molar-refractivity contribution in [3.05, 3.63) is 65.4 Å². The van der Waals surface area contributed by atoms with Crippen LogP contribution in [0.4, 0.5) is 0 Å². The number of hydrogen-bond donors (Lipinski definition) is 1. The molecule has 6 nitrogen and oxygen atoms in total. The number of aromatic nitrogens is 2. The molecular weight excluding hydrogens is 364 g/mol. The molecule has 1 saturated heterocycles. The van der Waals surface area contributed by atoms with Gasteiger partial charge in [0, 0.05) is 37.5 Å². The van der Waals surface area contributed by atoms with Gasteiger partial charge in [-0.25, -0.2) is 0 Å². The van der Waals surface area contributed by atoms with E-state index in [0.717, 1.165) is 23.9 Å². The fourth-order valence-corrected chi connectivity index (χ4v) is 4.55. The minimum atomic E-state index is -0.0553. The number of hydrogen-bond acceptors (Lipinski definition) is 3. The Morgan fingerprint density at radius 2 is 1.62 bits per heavy atom. The Morgan fingerprint density at radius 1 is 0.897 bits per heavy atom. The highest BCUT2D eigenvalue weighted by atomic mass is 16.2. The van der Waals surface area contributed by atoms with Crippen LogP contribution >= 0.6 is 0 Å². The topological polar surface area (TPSA) is 69.3 Å². The van der Waals surface area contributed by atoms with E-state index in [2.05, 4.69) is 28.4 Å². The van der Waals surface area contributed by atoms with Crippen molar-refractivity contribution in [3.63, 3.8) is 0 Å². The summed E-state index contributed by atoms with van der Waals surface area (Å²) in [4.78, 5) is 29.8. The van der Waals surface area contributed by atoms with E-state index in [4.69, 9.17) is 0 Å². The van der Waals surface area contributed by atoms with Gasteiger partial charge in [0.1, 0.15) is 0 Å². The minimum Gasteiger partial charge on any atom is -0.338 e. The average Bonchev–Trinajstić information content (AvgIpc) is 3.22. The van der Waals surface area contributed by atoms with Crippen LogP contribution in [0.15, 0.2) is 48.5 Å². The third kappa shape index (κ3) is 3.28. The number of benzene rings is 2. The molecule has 6 heteroatoms. The maximum atomic E-state index is 13.0. The number of piperidine rings is 1. The van der Waals surface area contributed by atoms with Gasteiger partial charge in [-0.1, -0.05) is 42.5 Å². The van der Waals surface area contributed by atoms with Crippen molar-refractivity contribution in [2.24, 2.45) is 5.92 Å². The summed E-state index contributed by atoms with van der Waals surface area (Å²) in [6.07, 6.45) is 2.35. The molecule has 0 bridgehead atoms. The molecule has 0 atom stereocenters. The molecule has 0 spiro atoms. The first-order chi connectivity index (χ1) is 14.2. The molecule has 2 aliphatic heterocycles. The maximum absolute atomic E-state index is 13.0. The van der Waals surface area contributed by atoms with Crippen LogP contribution in [0.25, 0.3) is 10.9 Å². The van der Waals surface area contributed by atoms with E-state index >= 15 is 0 Å². The molecule has 2 aliphatic rings. The molecule has 0 saturated carbocycles. The van der Waals surface area contributed by atoms with E-state index in [-0.39, 0.29) is 17.7 Å². The van der Waals surface area contributed by atoms with Crippen LogP contribution < -0.4 is 0 Å². The van der Waals surface area contributed by atoms with Gasteiger partial charge >= 0.3 is 0 Å². The van der Waals surface area contributed by atoms with Crippen molar-refractivity contribution in [1.82, 2.24) is 20.0 Å². The Kier molecular flexibility index (Phi) is 4.54. The highest BCUT2D eigenvalue weighted by Crippen LogP contribution is 2.26. The highest BCUT2D eigenvalue weighted by molar-refractivity contribution is 6.04. The van der Waals surface area contributed by atoms with Crippen molar-refractivity contribution in [2.45, 2.75) is 25.8 Å². The van der Waals surface area contributed by atoms with Gasteiger partial charge in [-0.15, -0.1) is 0 Å². The number of fused-ring (bicyclic) bond motifs is 2. The predicted molar refractivity (Wildman–Crippen MR) is 110 cm³/mol. The second-order valence-corrected chi connectivity index (χ2v) is 7.96. The smallest absolute Gasteiger partial charge is 0.274 e. The predicted octanol–water partition coefficient (Wildman–Crippen LogP) is 3.00. The fourth-order valence-electron chi connectivity index (χ4n) is 4.55. The number of likely N-dealkylation sites (tertiary alicyclic amines) is 1. The van der Waals surface area contributed by atoms with Gasteiger partial charge in [0.2, 0.25) is 5.91 Å². The van der Waals surface area contributed by atoms with Crippen molar-refractivity contribution in [2.75, 3.05) is 19.6 Å². The van der Waals surface area contributed by atoms with E-state index in [0.29, 0.717) is 38.2 Å². The average molecular weight is 388 g/mol. The molecule has 29 heavy (non-hydrogen) atoms. The van der Waals surface area contributed by atoms with Crippen LogP contribution in [0.1, 0.15) is 34.5 Å². The van der Waals surface area contributed by atoms with Gasteiger partial charge in [0.05, 0.1) is 5.52 Å². The molecule has 2 aromatic carbocycles. The number of H-pyrrole nitrogens is 1. The normalized spacial score (nSPS) is 17.4. The number of aromatic amines is 1. The second-order valence-electron chi connectivity index (χ2n) is 7.96. The lowest BCUT2D eigenvalue weighted by Gasteiger charge is -2.36. The first-order valence-corrected chi connectivity index (χ1v) is 10.3. The van der Waals surface area contributed by atoms with E-state index < -0.39 is 0 Å². The van der Waals surface area contributed by atoms with Gasteiger partial charge in [0.25, 0.3) is 5.91 Å². The number of nitrogens with one attached hydrogen (secondary N) is 1. The Morgan fingerprint density at radius 3 is 2.45 bits per heavy atom. The van der Waals surface area contributed by atoms with Gasteiger partial charge in [-0.3, -0.25) is 14.7 Å². The number of amides is 2. The minimum absolute atomic E-state index is 0.000223. The van der Waals surface area contributed by atoms with Crippen molar-refractivity contribution >= 4 is 22.7 Å². The van der Waals surface area contributed by atoms with Crippen LogP contribution in [-0.4, -0.2) is 51.4 Å². The Balaban J connectivity index is 1.22. The third-order valence-electron chi connectivity index (χ3n) is 6.25. The monoisotopic (exact) mass is 388 g/mol. The number of nitrogens with zero attached hydrogens (tertiary/aromatic N) is 3. The molecule has 3 heterocycles. The molecule has 1 fully saturated rings. The van der Waals surface area contributed by atoms with Gasteiger partial charge in [0.15, 0.2) is 5.69 Å². The largest absolute Gasteiger partial charge is 0.338 e. The SMILES string of the molecule is O=C(c1n[nH]c2ccccc12)N1CCC(C(=O)N2CCc3ccccc3C2)CC1. The number of rotatable bonds is 2. The Hall–Kier alpha value is -3.15. The van der Waals surface area contributed by atoms with Crippen molar-refractivity contribution in [1.29, 1.82) is 0 Å². The molecule has 1 N–H and O–H groups in total. The molecule has 0 radical (unpaired) electrons. The first-order valence-electron chi connectivity index (χ1n) is 10.3. The summed E-state index contributed by atoms with van der Waals surface area (Å²) in [6.45, 7) is 2.68. The zero-order chi connectivity index (χ0) is 19.8. The van der Waals surface area contributed by atoms with E-state index in [1.807, 2.05) is 40.1 Å². The van der Waals surface area contributed by atoms with Crippen molar-refractivity contribution in [3.8, 4) is 0 Å². The molecule has 0 aliphatic carbocycles. The third-order valence-corrected chi connectivity index (χ3v) is 6.25. The van der Waals surface area contributed by atoms with Gasteiger partial charge < -0.3 is 9.80 Å². The molecule has 5 rings (SSSR count). The summed E-state index contributed by atoms with van der Waals surface area (Å²) < 4.78 is 0. The molecule has 3 aromatic rings. The van der Waals surface area contributed by atoms with Crippen LogP contribution in [0.5, 0.6) is 0 Å². The second kappa shape index (κ2) is 7.35. The van der Waals surface area contributed by atoms with Crippen LogP contribution in [0.2, 0.25) is 0 Å². The lowest BCUT2D eigenvalue weighted by molar-refractivity contribution is -0.137. The van der Waals surface area contributed by atoms with Gasteiger partial charge in [-0.05, 0) is 36.5 Å². The summed E-state index contributed by atoms with van der Waals surface area (Å²) in [5.74, 6) is 0.178. The zero-order valence-electron chi connectivity index (χ0n) is 16.3. The van der Waals surface area contributed by atoms with E-state index in [1.54, 1.807) is 0 Å². The van der Waals surface area contributed by atoms with Crippen LogP contribution in [0.3, 0.4) is 0 Å². The Labute approximate surface area is 169 Å². The standard InChI is InChI=1S/C23H24N4O2/c28-22(27-14-9-16-5-1-2-6-18(16)15-27)17-10-12-26(13-11-17)23(29)21-19-7-3-4-8-20(19)24-25-21/h1-8,17H,9-15H2,(H,24,25). The highest BCUT2D eigenvalue weighted by Gasteiger charge is 2.32. The molecule has 148 valence electrons. The molecule has 0 unspecified atom stereocenters.